The average molecular weight is 291 g/mol. The van der Waals surface area contributed by atoms with Crippen LogP contribution in [-0.4, -0.2) is 5.24 Å². The average Bonchev–Trinajstić information content (AvgIpc) is 2.50. The number of rotatable bonds is 1. The van der Waals surface area contributed by atoms with E-state index in [1.165, 1.54) is 0 Å². The third kappa shape index (κ3) is 1.90. The van der Waals surface area contributed by atoms with Crippen LogP contribution in [-0.2, 0) is 0 Å². The Morgan fingerprint density at radius 1 is 0.667 bits per heavy atom. The zero-order valence-electron chi connectivity index (χ0n) is 11.1. The molecule has 0 spiro atoms. The molecule has 0 amide bonds. The third-order valence-electron chi connectivity index (χ3n) is 3.92. The molecule has 0 aliphatic rings. The molecular formula is C19H11ClO. The zero-order chi connectivity index (χ0) is 14.4. The van der Waals surface area contributed by atoms with Crippen molar-refractivity contribution >= 4 is 49.2 Å². The van der Waals surface area contributed by atoms with Crippen LogP contribution in [0.4, 0.5) is 0 Å². The summed E-state index contributed by atoms with van der Waals surface area (Å²) < 4.78 is 0. The van der Waals surface area contributed by atoms with Crippen LogP contribution in [0.3, 0.4) is 0 Å². The Labute approximate surface area is 126 Å². The molecule has 0 saturated carbocycles. The maximum Gasteiger partial charge on any atom is 0.253 e. The lowest BCUT2D eigenvalue weighted by Gasteiger charge is -2.09. The Morgan fingerprint density at radius 2 is 1.24 bits per heavy atom. The second kappa shape index (κ2) is 4.57. The molecule has 0 fully saturated rings. The van der Waals surface area contributed by atoms with Crippen LogP contribution in [0.1, 0.15) is 10.4 Å². The van der Waals surface area contributed by atoms with Gasteiger partial charge >= 0.3 is 0 Å². The number of hydrogen-bond donors (Lipinski definition) is 0. The first-order valence-corrected chi connectivity index (χ1v) is 7.16. The second-order valence-corrected chi connectivity index (χ2v) is 5.51. The van der Waals surface area contributed by atoms with Crippen LogP contribution < -0.4 is 0 Å². The van der Waals surface area contributed by atoms with Gasteiger partial charge in [-0.15, -0.1) is 0 Å². The van der Waals surface area contributed by atoms with Crippen molar-refractivity contribution in [1.29, 1.82) is 0 Å². The minimum absolute atomic E-state index is 0.410. The van der Waals surface area contributed by atoms with Gasteiger partial charge in [-0.05, 0) is 62.1 Å². The second-order valence-electron chi connectivity index (χ2n) is 5.17. The van der Waals surface area contributed by atoms with Crippen LogP contribution in [0.5, 0.6) is 0 Å². The number of carbonyl (C=O) groups is 1. The lowest BCUT2D eigenvalue weighted by atomic mass is 9.95. The van der Waals surface area contributed by atoms with Gasteiger partial charge in [-0.2, -0.15) is 0 Å². The van der Waals surface area contributed by atoms with Crippen LogP contribution in [0.2, 0.25) is 0 Å². The van der Waals surface area contributed by atoms with Crippen molar-refractivity contribution < 1.29 is 4.79 Å². The molecule has 4 aromatic rings. The van der Waals surface area contributed by atoms with Gasteiger partial charge in [-0.1, -0.05) is 48.5 Å². The van der Waals surface area contributed by atoms with E-state index in [-0.39, 0.29) is 0 Å². The fourth-order valence-corrected chi connectivity index (χ4v) is 3.17. The Bertz CT molecular complexity index is 1010. The molecule has 0 N–H and O–H groups in total. The van der Waals surface area contributed by atoms with Crippen molar-refractivity contribution in [1.82, 2.24) is 0 Å². The van der Waals surface area contributed by atoms with Gasteiger partial charge in [-0.25, -0.2) is 0 Å². The minimum Gasteiger partial charge on any atom is -0.276 e. The molecule has 4 rings (SSSR count). The summed E-state index contributed by atoms with van der Waals surface area (Å²) in [5, 5.41) is 5.74. The van der Waals surface area contributed by atoms with Crippen LogP contribution in [0.15, 0.2) is 66.7 Å². The molecule has 2 heteroatoms. The predicted molar refractivity (Wildman–Crippen MR) is 89.1 cm³/mol. The molecule has 1 nitrogen and oxygen atoms in total. The smallest absolute Gasteiger partial charge is 0.253 e. The van der Waals surface area contributed by atoms with E-state index in [0.29, 0.717) is 5.56 Å². The highest BCUT2D eigenvalue weighted by molar-refractivity contribution is 6.69. The van der Waals surface area contributed by atoms with Crippen molar-refractivity contribution in [2.45, 2.75) is 0 Å². The first kappa shape index (κ1) is 12.4. The lowest BCUT2D eigenvalue weighted by Crippen LogP contribution is -1.93. The number of carbonyl (C=O) groups excluding carboxylic acids is 1. The van der Waals surface area contributed by atoms with E-state index in [0.717, 1.165) is 32.3 Å². The Balaban J connectivity index is 2.28. The monoisotopic (exact) mass is 290 g/mol. The quantitative estimate of drug-likeness (QED) is 0.333. The van der Waals surface area contributed by atoms with Gasteiger partial charge in [0.1, 0.15) is 0 Å². The maximum atomic E-state index is 12.0. The summed E-state index contributed by atoms with van der Waals surface area (Å²) in [4.78, 5) is 12.0. The van der Waals surface area contributed by atoms with Gasteiger partial charge in [0, 0.05) is 5.56 Å². The molecule has 0 bridgehead atoms. The van der Waals surface area contributed by atoms with Crippen molar-refractivity contribution in [3.63, 3.8) is 0 Å². The normalized spacial score (nSPS) is 11.3. The van der Waals surface area contributed by atoms with E-state index in [2.05, 4.69) is 18.2 Å². The summed E-state index contributed by atoms with van der Waals surface area (Å²) in [6.45, 7) is 0. The summed E-state index contributed by atoms with van der Waals surface area (Å²) in [5.74, 6) is 0. The third-order valence-corrected chi connectivity index (χ3v) is 4.11. The zero-order valence-corrected chi connectivity index (χ0v) is 11.9. The molecule has 0 aliphatic carbocycles. The first-order valence-electron chi connectivity index (χ1n) is 6.78. The Morgan fingerprint density at radius 3 is 1.95 bits per heavy atom. The molecular weight excluding hydrogens is 280 g/mol. The predicted octanol–water partition coefficient (Wildman–Crippen LogP) is 5.53. The number of halogens is 1. The fraction of sp³-hybridized carbons (Fsp3) is 0. The van der Waals surface area contributed by atoms with E-state index >= 15 is 0 Å². The molecule has 0 radical (unpaired) electrons. The topological polar surface area (TPSA) is 17.1 Å². The fourth-order valence-electron chi connectivity index (χ4n) is 2.97. The number of hydrogen-bond acceptors (Lipinski definition) is 1. The van der Waals surface area contributed by atoms with Crippen molar-refractivity contribution in [2.75, 3.05) is 0 Å². The Kier molecular flexibility index (Phi) is 2.69. The van der Waals surface area contributed by atoms with Gasteiger partial charge in [0.25, 0.3) is 5.24 Å². The van der Waals surface area contributed by atoms with Gasteiger partial charge in [0.2, 0.25) is 0 Å². The molecule has 100 valence electrons. The number of fused-ring (bicyclic) bond motifs is 3. The van der Waals surface area contributed by atoms with Crippen molar-refractivity contribution in [2.24, 2.45) is 0 Å². The molecule has 0 aliphatic heterocycles. The van der Waals surface area contributed by atoms with Crippen LogP contribution >= 0.6 is 11.6 Å². The summed E-state index contributed by atoms with van der Waals surface area (Å²) in [6.07, 6.45) is 0. The molecule has 0 saturated heterocycles. The van der Waals surface area contributed by atoms with Crippen molar-refractivity contribution in [3.05, 3.63) is 72.3 Å². The summed E-state index contributed by atoms with van der Waals surface area (Å²) in [6, 6.07) is 22.3. The van der Waals surface area contributed by atoms with Crippen molar-refractivity contribution in [3.8, 4) is 0 Å². The van der Waals surface area contributed by atoms with E-state index in [1.54, 1.807) is 0 Å². The van der Waals surface area contributed by atoms with Crippen LogP contribution in [0, 0.1) is 0 Å². The first-order chi connectivity index (χ1) is 10.2. The maximum absolute atomic E-state index is 12.0. The molecule has 0 unspecified atom stereocenters. The molecule has 21 heavy (non-hydrogen) atoms. The van der Waals surface area contributed by atoms with Crippen LogP contribution in [0.25, 0.3) is 32.3 Å². The molecule has 4 aromatic carbocycles. The van der Waals surface area contributed by atoms with Gasteiger partial charge < -0.3 is 0 Å². The number of benzene rings is 4. The minimum atomic E-state index is -0.410. The standard InChI is InChI=1S/C19H11ClO/c20-19(21)18-16-8-4-3-7-14(16)10-15-9-12-5-1-2-6-13(12)11-17(15)18/h1-11H. The van der Waals surface area contributed by atoms with E-state index in [4.69, 9.17) is 11.6 Å². The van der Waals surface area contributed by atoms with E-state index < -0.39 is 5.24 Å². The van der Waals surface area contributed by atoms with E-state index in [9.17, 15) is 4.79 Å². The summed E-state index contributed by atoms with van der Waals surface area (Å²) in [7, 11) is 0. The van der Waals surface area contributed by atoms with Gasteiger partial charge in [0.05, 0.1) is 0 Å². The van der Waals surface area contributed by atoms with E-state index in [1.807, 2.05) is 48.5 Å². The van der Waals surface area contributed by atoms with Gasteiger partial charge in [0.15, 0.2) is 0 Å². The highest BCUT2D eigenvalue weighted by Gasteiger charge is 2.13. The highest BCUT2D eigenvalue weighted by Crippen LogP contribution is 2.32. The largest absolute Gasteiger partial charge is 0.276 e. The molecule has 0 heterocycles. The molecule has 0 atom stereocenters. The SMILES string of the molecule is O=C(Cl)c1c2ccccc2cc2cc3ccccc3cc12. The molecule has 0 aromatic heterocycles. The summed E-state index contributed by atoms with van der Waals surface area (Å²) in [5.41, 5.74) is 0.593. The highest BCUT2D eigenvalue weighted by atomic mass is 35.5. The summed E-state index contributed by atoms with van der Waals surface area (Å²) >= 11 is 5.87. The van der Waals surface area contributed by atoms with Gasteiger partial charge in [-0.3, -0.25) is 4.79 Å². The lowest BCUT2D eigenvalue weighted by molar-refractivity contribution is 0.108. The Hall–Kier alpha value is -2.38.